The lowest BCUT2D eigenvalue weighted by atomic mass is 10.1. The first-order valence-corrected chi connectivity index (χ1v) is 6.53. The first-order valence-electron chi connectivity index (χ1n) is 6.53. The zero-order valence-corrected chi connectivity index (χ0v) is 10.1. The van der Waals surface area contributed by atoms with Gasteiger partial charge in [0.25, 0.3) is 0 Å². The molecule has 1 saturated carbocycles. The molecule has 3 nitrogen and oxygen atoms in total. The van der Waals surface area contributed by atoms with Gasteiger partial charge in [0.1, 0.15) is 5.82 Å². The van der Waals surface area contributed by atoms with Crippen molar-refractivity contribution in [2.75, 3.05) is 11.4 Å². The minimum atomic E-state index is 0.268. The molecule has 0 radical (unpaired) electrons. The van der Waals surface area contributed by atoms with Crippen LogP contribution in [0.2, 0.25) is 0 Å². The standard InChI is InChI=1S/C15H14N2O/c18-15(10-5-6-10)17-8-7-12-9-11-3-1-2-4-13(11)16-14(12)17/h1-4,9-10H,5-8H2. The van der Waals surface area contributed by atoms with Gasteiger partial charge in [-0.2, -0.15) is 0 Å². The van der Waals surface area contributed by atoms with Crippen LogP contribution in [0.25, 0.3) is 10.9 Å². The number of hydrogen-bond acceptors (Lipinski definition) is 2. The number of carbonyl (C=O) groups excluding carboxylic acids is 1. The van der Waals surface area contributed by atoms with Crippen LogP contribution in [0.4, 0.5) is 5.82 Å². The van der Waals surface area contributed by atoms with Crippen LogP contribution in [-0.4, -0.2) is 17.4 Å². The summed E-state index contributed by atoms with van der Waals surface area (Å²) in [7, 11) is 0. The Bertz CT molecular complexity index is 646. The SMILES string of the molecule is O=C(C1CC1)N1CCc2cc3ccccc3nc21. The van der Waals surface area contributed by atoms with E-state index in [1.165, 1.54) is 5.56 Å². The molecule has 4 rings (SSSR count). The zero-order chi connectivity index (χ0) is 12.1. The highest BCUT2D eigenvalue weighted by Gasteiger charge is 2.37. The summed E-state index contributed by atoms with van der Waals surface area (Å²) in [5, 5.41) is 1.16. The normalized spacial score (nSPS) is 18.1. The number of carbonyl (C=O) groups is 1. The monoisotopic (exact) mass is 238 g/mol. The summed E-state index contributed by atoms with van der Waals surface area (Å²) in [5.74, 6) is 1.44. The minimum Gasteiger partial charge on any atom is -0.296 e. The van der Waals surface area contributed by atoms with E-state index in [-0.39, 0.29) is 11.8 Å². The number of benzene rings is 1. The molecule has 1 aromatic carbocycles. The van der Waals surface area contributed by atoms with Crippen LogP contribution in [0.3, 0.4) is 0 Å². The van der Waals surface area contributed by atoms with E-state index in [0.717, 1.165) is 42.5 Å². The van der Waals surface area contributed by atoms with Gasteiger partial charge in [-0.05, 0) is 37.0 Å². The largest absolute Gasteiger partial charge is 0.296 e. The Morgan fingerprint density at radius 2 is 2.11 bits per heavy atom. The number of amides is 1. The zero-order valence-electron chi connectivity index (χ0n) is 10.1. The Hall–Kier alpha value is -1.90. The molecular weight excluding hydrogens is 224 g/mol. The molecule has 1 aliphatic heterocycles. The first kappa shape index (κ1) is 10.1. The minimum absolute atomic E-state index is 0.268. The second-order valence-corrected chi connectivity index (χ2v) is 5.18. The van der Waals surface area contributed by atoms with Crippen molar-refractivity contribution in [1.82, 2.24) is 4.98 Å². The molecule has 2 heterocycles. The van der Waals surface area contributed by atoms with E-state index in [0.29, 0.717) is 0 Å². The third-order valence-corrected chi connectivity index (χ3v) is 3.83. The van der Waals surface area contributed by atoms with E-state index >= 15 is 0 Å². The van der Waals surface area contributed by atoms with Gasteiger partial charge in [-0.3, -0.25) is 9.69 Å². The van der Waals surface area contributed by atoms with Gasteiger partial charge in [-0.25, -0.2) is 4.98 Å². The highest BCUT2D eigenvalue weighted by molar-refractivity contribution is 5.98. The van der Waals surface area contributed by atoms with Crippen LogP contribution in [0.15, 0.2) is 30.3 Å². The number of fused-ring (bicyclic) bond motifs is 2. The maximum Gasteiger partial charge on any atom is 0.231 e. The smallest absolute Gasteiger partial charge is 0.231 e. The molecule has 0 N–H and O–H groups in total. The van der Waals surface area contributed by atoms with Crippen molar-refractivity contribution in [3.05, 3.63) is 35.9 Å². The second-order valence-electron chi connectivity index (χ2n) is 5.18. The van der Waals surface area contributed by atoms with Gasteiger partial charge in [0, 0.05) is 17.8 Å². The number of rotatable bonds is 1. The van der Waals surface area contributed by atoms with Crippen molar-refractivity contribution in [3.63, 3.8) is 0 Å². The van der Waals surface area contributed by atoms with Gasteiger partial charge >= 0.3 is 0 Å². The van der Waals surface area contributed by atoms with Crippen LogP contribution in [-0.2, 0) is 11.2 Å². The first-order chi connectivity index (χ1) is 8.83. The fourth-order valence-electron chi connectivity index (χ4n) is 2.67. The van der Waals surface area contributed by atoms with E-state index in [2.05, 4.69) is 17.1 Å². The van der Waals surface area contributed by atoms with Crippen molar-refractivity contribution in [2.24, 2.45) is 5.92 Å². The molecule has 90 valence electrons. The third-order valence-electron chi connectivity index (χ3n) is 3.83. The van der Waals surface area contributed by atoms with E-state index < -0.39 is 0 Å². The summed E-state index contributed by atoms with van der Waals surface area (Å²) in [6, 6.07) is 10.3. The molecule has 2 aliphatic rings. The Labute approximate surface area is 105 Å². The lowest BCUT2D eigenvalue weighted by Gasteiger charge is -2.16. The fourth-order valence-corrected chi connectivity index (χ4v) is 2.67. The van der Waals surface area contributed by atoms with Crippen LogP contribution in [0.5, 0.6) is 0 Å². The van der Waals surface area contributed by atoms with Gasteiger partial charge in [-0.15, -0.1) is 0 Å². The molecule has 0 spiro atoms. The van der Waals surface area contributed by atoms with Crippen molar-refractivity contribution >= 4 is 22.6 Å². The molecule has 2 aromatic rings. The van der Waals surface area contributed by atoms with Gasteiger partial charge in [-0.1, -0.05) is 18.2 Å². The summed E-state index contributed by atoms with van der Waals surface area (Å²) in [4.78, 5) is 18.8. The third kappa shape index (κ3) is 1.43. The Kier molecular flexibility index (Phi) is 1.98. The lowest BCUT2D eigenvalue weighted by Crippen LogP contribution is -2.30. The second kappa shape index (κ2) is 3.55. The molecule has 18 heavy (non-hydrogen) atoms. The molecule has 0 saturated heterocycles. The van der Waals surface area contributed by atoms with Crippen LogP contribution in [0, 0.1) is 5.92 Å². The predicted molar refractivity (Wildman–Crippen MR) is 70.5 cm³/mol. The molecule has 0 unspecified atom stereocenters. The fraction of sp³-hybridized carbons (Fsp3) is 0.333. The molecular formula is C15H14N2O. The number of hydrogen-bond donors (Lipinski definition) is 0. The van der Waals surface area contributed by atoms with Crippen LogP contribution >= 0.6 is 0 Å². The van der Waals surface area contributed by atoms with Crippen molar-refractivity contribution < 1.29 is 4.79 Å². The molecule has 1 aromatic heterocycles. The van der Waals surface area contributed by atoms with E-state index in [1.54, 1.807) is 0 Å². The quantitative estimate of drug-likeness (QED) is 0.765. The summed E-state index contributed by atoms with van der Waals surface area (Å²) in [5.41, 5.74) is 2.19. The number of anilines is 1. The van der Waals surface area contributed by atoms with Crippen molar-refractivity contribution in [2.45, 2.75) is 19.3 Å². The Morgan fingerprint density at radius 1 is 1.28 bits per heavy atom. The summed E-state index contributed by atoms with van der Waals surface area (Å²) in [6.45, 7) is 0.800. The Balaban J connectivity index is 1.83. The molecule has 1 amide bonds. The number of para-hydroxylation sites is 1. The van der Waals surface area contributed by atoms with E-state index in [4.69, 9.17) is 0 Å². The van der Waals surface area contributed by atoms with Crippen molar-refractivity contribution in [1.29, 1.82) is 0 Å². The highest BCUT2D eigenvalue weighted by Crippen LogP contribution is 2.36. The maximum atomic E-state index is 12.2. The molecule has 3 heteroatoms. The number of pyridine rings is 1. The average molecular weight is 238 g/mol. The van der Waals surface area contributed by atoms with Crippen LogP contribution in [0.1, 0.15) is 18.4 Å². The van der Waals surface area contributed by atoms with Crippen LogP contribution < -0.4 is 4.90 Å². The van der Waals surface area contributed by atoms with Gasteiger partial charge in [0.15, 0.2) is 0 Å². The van der Waals surface area contributed by atoms with Gasteiger partial charge in [0.05, 0.1) is 5.52 Å². The Morgan fingerprint density at radius 3 is 2.94 bits per heavy atom. The molecule has 0 atom stereocenters. The number of aromatic nitrogens is 1. The highest BCUT2D eigenvalue weighted by atomic mass is 16.2. The lowest BCUT2D eigenvalue weighted by molar-refractivity contribution is -0.119. The predicted octanol–water partition coefficient (Wildman–Crippen LogP) is 2.53. The van der Waals surface area contributed by atoms with E-state index in [9.17, 15) is 4.79 Å². The summed E-state index contributed by atoms with van der Waals surface area (Å²) >= 11 is 0. The number of nitrogens with zero attached hydrogens (tertiary/aromatic N) is 2. The average Bonchev–Trinajstić information content (AvgIpc) is 3.17. The van der Waals surface area contributed by atoms with Crippen molar-refractivity contribution in [3.8, 4) is 0 Å². The van der Waals surface area contributed by atoms with Gasteiger partial charge in [0.2, 0.25) is 5.91 Å². The summed E-state index contributed by atoms with van der Waals surface area (Å²) in [6.07, 6.45) is 3.04. The molecule has 1 aliphatic carbocycles. The maximum absolute atomic E-state index is 12.2. The molecule has 1 fully saturated rings. The molecule has 0 bridgehead atoms. The van der Waals surface area contributed by atoms with E-state index in [1.807, 2.05) is 23.1 Å². The van der Waals surface area contributed by atoms with Gasteiger partial charge < -0.3 is 0 Å². The topological polar surface area (TPSA) is 33.2 Å². The summed E-state index contributed by atoms with van der Waals surface area (Å²) < 4.78 is 0.